The number of ether oxygens (including phenoxy) is 1. The molecule has 27 heavy (non-hydrogen) atoms. The monoisotopic (exact) mass is 374 g/mol. The third kappa shape index (κ3) is 6.35. The highest BCUT2D eigenvalue weighted by molar-refractivity contribution is 5.84. The summed E-state index contributed by atoms with van der Waals surface area (Å²) >= 11 is 0. The Balaban J connectivity index is 1.80. The molecule has 1 aromatic rings. The van der Waals surface area contributed by atoms with E-state index in [4.69, 9.17) is 4.74 Å². The van der Waals surface area contributed by atoms with Crippen LogP contribution in [0.1, 0.15) is 64.4 Å². The summed E-state index contributed by atoms with van der Waals surface area (Å²) < 4.78 is 5.56. The number of amides is 2. The number of rotatable bonds is 9. The van der Waals surface area contributed by atoms with Crippen LogP contribution in [0.4, 0.5) is 0 Å². The van der Waals surface area contributed by atoms with E-state index in [9.17, 15) is 9.59 Å². The third-order valence-corrected chi connectivity index (χ3v) is 5.30. The predicted octanol–water partition coefficient (Wildman–Crippen LogP) is 3.49. The van der Waals surface area contributed by atoms with Gasteiger partial charge in [0.2, 0.25) is 11.8 Å². The van der Waals surface area contributed by atoms with E-state index in [1.54, 1.807) is 6.92 Å². The molecule has 2 atom stereocenters. The van der Waals surface area contributed by atoms with E-state index in [1.165, 1.54) is 0 Å². The van der Waals surface area contributed by atoms with Crippen molar-refractivity contribution in [1.82, 2.24) is 10.2 Å². The quantitative estimate of drug-likeness (QED) is 0.673. The molecule has 5 heteroatoms. The molecule has 0 radical (unpaired) electrons. The van der Waals surface area contributed by atoms with Crippen molar-refractivity contribution in [1.29, 1.82) is 0 Å². The molecule has 1 N–H and O–H groups in total. The van der Waals surface area contributed by atoms with Gasteiger partial charge in [0.1, 0.15) is 6.10 Å². The lowest BCUT2D eigenvalue weighted by Crippen LogP contribution is -2.49. The van der Waals surface area contributed by atoms with E-state index in [2.05, 4.69) is 19.2 Å². The number of likely N-dealkylation sites (tertiary alicyclic amines) is 1. The van der Waals surface area contributed by atoms with Gasteiger partial charge in [-0.05, 0) is 38.2 Å². The molecule has 2 amide bonds. The van der Waals surface area contributed by atoms with Crippen LogP contribution in [-0.4, -0.2) is 48.6 Å². The zero-order valence-electron chi connectivity index (χ0n) is 16.9. The number of nitrogens with one attached hydrogen (secondary N) is 1. The van der Waals surface area contributed by atoms with Gasteiger partial charge in [0.15, 0.2) is 0 Å². The Hall–Kier alpha value is -1.88. The van der Waals surface area contributed by atoms with Crippen molar-refractivity contribution >= 4 is 11.8 Å². The van der Waals surface area contributed by atoms with Crippen molar-refractivity contribution in [3.8, 4) is 0 Å². The maximum absolute atomic E-state index is 12.9. The molecule has 1 saturated heterocycles. The Bertz CT molecular complexity index is 582. The maximum Gasteiger partial charge on any atom is 0.249 e. The molecular formula is C22H34N2O3. The summed E-state index contributed by atoms with van der Waals surface area (Å²) in [6.45, 7) is 7.97. The second kappa shape index (κ2) is 11.1. The summed E-state index contributed by atoms with van der Waals surface area (Å²) in [7, 11) is 0. The van der Waals surface area contributed by atoms with Gasteiger partial charge in [-0.1, -0.05) is 50.6 Å². The van der Waals surface area contributed by atoms with E-state index >= 15 is 0 Å². The summed E-state index contributed by atoms with van der Waals surface area (Å²) in [4.78, 5) is 27.1. The second-order valence-corrected chi connectivity index (χ2v) is 7.35. The molecule has 2 unspecified atom stereocenters. The Labute approximate surface area is 163 Å². The van der Waals surface area contributed by atoms with Crippen molar-refractivity contribution in [2.45, 2.75) is 70.9 Å². The van der Waals surface area contributed by atoms with Gasteiger partial charge in [0, 0.05) is 25.7 Å². The lowest BCUT2D eigenvalue weighted by Gasteiger charge is -2.35. The highest BCUT2D eigenvalue weighted by atomic mass is 16.5. The number of nitrogens with zero attached hydrogens (tertiary/aromatic N) is 1. The zero-order valence-corrected chi connectivity index (χ0v) is 16.9. The summed E-state index contributed by atoms with van der Waals surface area (Å²) in [6.07, 6.45) is 4.00. The van der Waals surface area contributed by atoms with E-state index in [-0.39, 0.29) is 23.8 Å². The molecule has 1 aliphatic heterocycles. The maximum atomic E-state index is 12.9. The van der Waals surface area contributed by atoms with E-state index in [0.29, 0.717) is 19.7 Å². The van der Waals surface area contributed by atoms with E-state index in [1.807, 2.05) is 35.2 Å². The van der Waals surface area contributed by atoms with Gasteiger partial charge in [0.25, 0.3) is 0 Å². The zero-order chi connectivity index (χ0) is 19.6. The highest BCUT2D eigenvalue weighted by Crippen LogP contribution is 2.24. The van der Waals surface area contributed by atoms with Gasteiger partial charge < -0.3 is 15.0 Å². The van der Waals surface area contributed by atoms with Crippen molar-refractivity contribution in [3.63, 3.8) is 0 Å². The van der Waals surface area contributed by atoms with Crippen LogP contribution >= 0.6 is 0 Å². The fraction of sp³-hybridized carbons (Fsp3) is 0.636. The Morgan fingerprint density at radius 1 is 1.19 bits per heavy atom. The molecule has 2 rings (SSSR count). The van der Waals surface area contributed by atoms with E-state index in [0.717, 1.165) is 37.7 Å². The van der Waals surface area contributed by atoms with Gasteiger partial charge in [0.05, 0.1) is 5.92 Å². The Morgan fingerprint density at radius 2 is 1.85 bits per heavy atom. The van der Waals surface area contributed by atoms with Gasteiger partial charge in [-0.15, -0.1) is 0 Å². The first-order valence-corrected chi connectivity index (χ1v) is 10.3. The summed E-state index contributed by atoms with van der Waals surface area (Å²) in [6, 6.07) is 10.1. The minimum Gasteiger partial charge on any atom is -0.369 e. The second-order valence-electron chi connectivity index (χ2n) is 7.35. The minimum absolute atomic E-state index is 0.0494. The molecule has 1 heterocycles. The number of hydrogen-bond donors (Lipinski definition) is 1. The van der Waals surface area contributed by atoms with Crippen LogP contribution in [0, 0.1) is 0 Å². The predicted molar refractivity (Wildman–Crippen MR) is 108 cm³/mol. The number of carbonyl (C=O) groups excluding carboxylic acids is 2. The summed E-state index contributed by atoms with van der Waals surface area (Å²) in [5.41, 5.74) is 1.08. The molecule has 5 nitrogen and oxygen atoms in total. The molecule has 0 bridgehead atoms. The highest BCUT2D eigenvalue weighted by Gasteiger charge is 2.29. The number of benzene rings is 1. The van der Waals surface area contributed by atoms with Crippen LogP contribution in [0.25, 0.3) is 0 Å². The molecular weight excluding hydrogens is 340 g/mol. The van der Waals surface area contributed by atoms with Crippen LogP contribution in [0.3, 0.4) is 0 Å². The first kappa shape index (κ1) is 21.4. The van der Waals surface area contributed by atoms with Gasteiger partial charge in [-0.2, -0.15) is 0 Å². The van der Waals surface area contributed by atoms with Gasteiger partial charge in [-0.25, -0.2) is 0 Å². The lowest BCUT2D eigenvalue weighted by molar-refractivity contribution is -0.135. The van der Waals surface area contributed by atoms with Crippen molar-refractivity contribution in [3.05, 3.63) is 35.9 Å². The number of unbranched alkanes of at least 4 members (excludes halogenated alkanes) is 1. The fourth-order valence-electron chi connectivity index (χ4n) is 3.50. The fourth-order valence-corrected chi connectivity index (χ4v) is 3.50. The topological polar surface area (TPSA) is 58.6 Å². The minimum atomic E-state index is -0.418. The summed E-state index contributed by atoms with van der Waals surface area (Å²) in [5.74, 6) is 0.0701. The van der Waals surface area contributed by atoms with Gasteiger partial charge in [-0.3, -0.25) is 9.59 Å². The molecule has 0 spiro atoms. The molecule has 1 aliphatic rings. The average Bonchev–Trinajstić information content (AvgIpc) is 2.70. The molecule has 1 aromatic carbocycles. The van der Waals surface area contributed by atoms with Crippen LogP contribution in [0.2, 0.25) is 0 Å². The normalized spacial score (nSPS) is 17.4. The number of carbonyl (C=O) groups is 2. The smallest absolute Gasteiger partial charge is 0.249 e. The van der Waals surface area contributed by atoms with E-state index < -0.39 is 6.10 Å². The van der Waals surface area contributed by atoms with Crippen LogP contribution in [-0.2, 0) is 14.3 Å². The number of piperidine rings is 1. The van der Waals surface area contributed by atoms with Crippen molar-refractivity contribution in [2.75, 3.05) is 19.7 Å². The number of hydrogen-bond acceptors (Lipinski definition) is 3. The van der Waals surface area contributed by atoms with Crippen LogP contribution in [0.15, 0.2) is 30.3 Å². The molecule has 1 fully saturated rings. The van der Waals surface area contributed by atoms with Crippen molar-refractivity contribution < 1.29 is 14.3 Å². The largest absolute Gasteiger partial charge is 0.369 e. The first-order chi connectivity index (χ1) is 13.1. The molecule has 150 valence electrons. The SMILES string of the molecule is CCCCOC(C)C(=O)NC1CCN(C(=O)C(CC)c2ccccc2)CC1. The lowest BCUT2D eigenvalue weighted by atomic mass is 9.93. The standard InChI is InChI=1S/C22H34N2O3/c1-4-6-16-27-17(3)21(25)23-19-12-14-24(15-13-19)22(26)20(5-2)18-10-8-7-9-11-18/h7-11,17,19-20H,4-6,12-16H2,1-3H3,(H,23,25). The Kier molecular flexibility index (Phi) is 8.79. The van der Waals surface area contributed by atoms with Crippen LogP contribution < -0.4 is 5.32 Å². The summed E-state index contributed by atoms with van der Waals surface area (Å²) in [5, 5.41) is 3.08. The third-order valence-electron chi connectivity index (χ3n) is 5.30. The van der Waals surface area contributed by atoms with Gasteiger partial charge >= 0.3 is 0 Å². The molecule has 0 aliphatic carbocycles. The molecule has 0 saturated carbocycles. The van der Waals surface area contributed by atoms with Crippen molar-refractivity contribution in [2.24, 2.45) is 0 Å². The molecule has 0 aromatic heterocycles. The average molecular weight is 375 g/mol. The first-order valence-electron chi connectivity index (χ1n) is 10.3. The Morgan fingerprint density at radius 3 is 2.44 bits per heavy atom. The van der Waals surface area contributed by atoms with Crippen LogP contribution in [0.5, 0.6) is 0 Å².